The van der Waals surface area contributed by atoms with Crippen LogP contribution in [0.1, 0.15) is 18.1 Å². The molecular weight excluding hydrogens is 286 g/mol. The molecule has 0 fully saturated rings. The second kappa shape index (κ2) is 5.70. The quantitative estimate of drug-likeness (QED) is 0.808. The van der Waals surface area contributed by atoms with Crippen molar-refractivity contribution in [3.8, 4) is 0 Å². The predicted octanol–water partition coefficient (Wildman–Crippen LogP) is 2.78. The molecule has 118 valence electrons. The van der Waals surface area contributed by atoms with Crippen LogP contribution in [0.5, 0.6) is 0 Å². The molecule has 1 aliphatic rings. The molecule has 2 heterocycles. The summed E-state index contributed by atoms with van der Waals surface area (Å²) in [5.41, 5.74) is 4.62. The summed E-state index contributed by atoms with van der Waals surface area (Å²) >= 11 is 0. The summed E-state index contributed by atoms with van der Waals surface area (Å²) in [4.78, 5) is 17.7. The van der Waals surface area contributed by atoms with Gasteiger partial charge in [0.1, 0.15) is 0 Å². The molecule has 0 aliphatic carbocycles. The van der Waals surface area contributed by atoms with E-state index >= 15 is 0 Å². The maximum atomic E-state index is 12.2. The van der Waals surface area contributed by atoms with E-state index in [-0.39, 0.29) is 5.69 Å². The first-order valence-corrected chi connectivity index (χ1v) is 8.21. The third-order valence-corrected chi connectivity index (χ3v) is 4.85. The zero-order chi connectivity index (χ0) is 15.8. The van der Waals surface area contributed by atoms with Crippen molar-refractivity contribution in [2.24, 2.45) is 0 Å². The SMILES string of the molecule is CC1Cn2c(=O)[nH]c3cccc(c32)CN1CCc1ccccc1. The van der Waals surface area contributed by atoms with Crippen LogP contribution in [0.15, 0.2) is 53.3 Å². The van der Waals surface area contributed by atoms with Crippen molar-refractivity contribution in [1.29, 1.82) is 0 Å². The number of imidazole rings is 1. The van der Waals surface area contributed by atoms with Crippen LogP contribution < -0.4 is 5.69 Å². The fraction of sp³-hybridized carbons (Fsp3) is 0.316. The van der Waals surface area contributed by atoms with Crippen molar-refractivity contribution in [3.05, 3.63) is 70.1 Å². The maximum absolute atomic E-state index is 12.2. The molecule has 0 amide bonds. The van der Waals surface area contributed by atoms with Crippen LogP contribution >= 0.6 is 0 Å². The van der Waals surface area contributed by atoms with Crippen molar-refractivity contribution in [2.45, 2.75) is 32.5 Å². The van der Waals surface area contributed by atoms with E-state index in [1.807, 2.05) is 16.7 Å². The average molecular weight is 307 g/mol. The van der Waals surface area contributed by atoms with Crippen LogP contribution in [0.25, 0.3) is 11.0 Å². The lowest BCUT2D eigenvalue weighted by molar-refractivity contribution is 0.191. The van der Waals surface area contributed by atoms with Crippen LogP contribution in [0.2, 0.25) is 0 Å². The van der Waals surface area contributed by atoms with Crippen LogP contribution in [0.3, 0.4) is 0 Å². The molecule has 1 N–H and O–H groups in total. The van der Waals surface area contributed by atoms with Crippen LogP contribution in [0, 0.1) is 0 Å². The molecule has 1 atom stereocenters. The van der Waals surface area contributed by atoms with Crippen LogP contribution in [-0.2, 0) is 19.5 Å². The first-order valence-electron chi connectivity index (χ1n) is 8.21. The molecule has 0 spiro atoms. The van der Waals surface area contributed by atoms with Crippen molar-refractivity contribution in [2.75, 3.05) is 6.54 Å². The summed E-state index contributed by atoms with van der Waals surface area (Å²) in [6.45, 7) is 4.85. The summed E-state index contributed by atoms with van der Waals surface area (Å²) < 4.78 is 1.90. The van der Waals surface area contributed by atoms with Crippen LogP contribution in [0.4, 0.5) is 0 Å². The van der Waals surface area contributed by atoms with Gasteiger partial charge in [-0.15, -0.1) is 0 Å². The molecule has 1 aromatic heterocycles. The Kier molecular flexibility index (Phi) is 3.54. The number of hydrogen-bond donors (Lipinski definition) is 1. The Morgan fingerprint density at radius 2 is 1.96 bits per heavy atom. The molecule has 0 radical (unpaired) electrons. The Morgan fingerprint density at radius 1 is 1.13 bits per heavy atom. The number of hydrogen-bond acceptors (Lipinski definition) is 2. The van der Waals surface area contributed by atoms with Gasteiger partial charge in [-0.05, 0) is 30.5 Å². The Labute approximate surface area is 135 Å². The molecule has 0 saturated heterocycles. The van der Waals surface area contributed by atoms with Gasteiger partial charge in [0.2, 0.25) is 0 Å². The number of nitrogens with zero attached hydrogens (tertiary/aromatic N) is 2. The first kappa shape index (κ1) is 14.3. The normalized spacial score (nSPS) is 18.2. The van der Waals surface area contributed by atoms with E-state index in [0.29, 0.717) is 6.04 Å². The van der Waals surface area contributed by atoms with Gasteiger partial charge < -0.3 is 4.98 Å². The molecule has 4 nitrogen and oxygen atoms in total. The van der Waals surface area contributed by atoms with Gasteiger partial charge in [-0.1, -0.05) is 42.5 Å². The van der Waals surface area contributed by atoms with E-state index in [0.717, 1.165) is 37.1 Å². The molecule has 1 aliphatic heterocycles. The summed E-state index contributed by atoms with van der Waals surface area (Å²) in [5.74, 6) is 0. The number of para-hydroxylation sites is 1. The van der Waals surface area contributed by atoms with Gasteiger partial charge in [-0.3, -0.25) is 9.47 Å². The number of benzene rings is 2. The summed E-state index contributed by atoms with van der Waals surface area (Å²) in [5, 5.41) is 0. The van der Waals surface area contributed by atoms with Gasteiger partial charge in [0.15, 0.2) is 0 Å². The Balaban J connectivity index is 1.63. The zero-order valence-electron chi connectivity index (χ0n) is 13.3. The number of H-pyrrole nitrogens is 1. The molecule has 4 heteroatoms. The van der Waals surface area contributed by atoms with E-state index in [2.05, 4.69) is 53.2 Å². The van der Waals surface area contributed by atoms with E-state index in [4.69, 9.17) is 0 Å². The molecule has 1 unspecified atom stereocenters. The lowest BCUT2D eigenvalue weighted by Crippen LogP contribution is -2.37. The third kappa shape index (κ3) is 2.59. The molecule has 0 bridgehead atoms. The van der Waals surface area contributed by atoms with Gasteiger partial charge in [0.05, 0.1) is 11.0 Å². The standard InChI is InChI=1S/C19H21N3O/c1-14-12-22-18-16(8-5-9-17(18)20-19(22)23)13-21(14)11-10-15-6-3-2-4-7-15/h2-9,14H,10-13H2,1H3,(H,20,23). The molecular formula is C19H21N3O. The Morgan fingerprint density at radius 3 is 2.78 bits per heavy atom. The van der Waals surface area contributed by atoms with Crippen LogP contribution in [-0.4, -0.2) is 27.0 Å². The molecule has 23 heavy (non-hydrogen) atoms. The second-order valence-electron chi connectivity index (χ2n) is 6.41. The minimum atomic E-state index is 0.00390. The van der Waals surface area contributed by atoms with Gasteiger partial charge in [-0.2, -0.15) is 0 Å². The number of nitrogens with one attached hydrogen (secondary N) is 1. The summed E-state index contributed by atoms with van der Waals surface area (Å²) in [7, 11) is 0. The van der Waals surface area contributed by atoms with E-state index in [9.17, 15) is 4.79 Å². The predicted molar refractivity (Wildman–Crippen MR) is 92.6 cm³/mol. The Bertz CT molecular complexity index is 879. The topological polar surface area (TPSA) is 41.0 Å². The lowest BCUT2D eigenvalue weighted by Gasteiger charge is -2.27. The molecule has 0 saturated carbocycles. The summed E-state index contributed by atoms with van der Waals surface area (Å²) in [6.07, 6.45) is 1.03. The van der Waals surface area contributed by atoms with E-state index < -0.39 is 0 Å². The highest BCUT2D eigenvalue weighted by molar-refractivity contribution is 5.79. The highest BCUT2D eigenvalue weighted by Gasteiger charge is 2.23. The average Bonchev–Trinajstić information content (AvgIpc) is 2.80. The van der Waals surface area contributed by atoms with Crippen molar-refractivity contribution < 1.29 is 0 Å². The van der Waals surface area contributed by atoms with Crippen molar-refractivity contribution >= 4 is 11.0 Å². The summed E-state index contributed by atoms with van der Waals surface area (Å²) in [6, 6.07) is 17.1. The van der Waals surface area contributed by atoms with E-state index in [1.165, 1.54) is 11.1 Å². The first-order chi connectivity index (χ1) is 11.2. The smallest absolute Gasteiger partial charge is 0.306 e. The number of rotatable bonds is 3. The monoisotopic (exact) mass is 307 g/mol. The van der Waals surface area contributed by atoms with E-state index in [1.54, 1.807) is 0 Å². The molecule has 3 aromatic rings. The van der Waals surface area contributed by atoms with Gasteiger partial charge in [0.25, 0.3) is 0 Å². The van der Waals surface area contributed by atoms with Crippen molar-refractivity contribution in [1.82, 2.24) is 14.5 Å². The third-order valence-electron chi connectivity index (χ3n) is 4.85. The second-order valence-corrected chi connectivity index (χ2v) is 6.41. The fourth-order valence-corrected chi connectivity index (χ4v) is 3.57. The highest BCUT2D eigenvalue weighted by Crippen LogP contribution is 2.23. The van der Waals surface area contributed by atoms with Crippen molar-refractivity contribution in [3.63, 3.8) is 0 Å². The molecule has 2 aromatic carbocycles. The Hall–Kier alpha value is -2.33. The highest BCUT2D eigenvalue weighted by atomic mass is 16.1. The zero-order valence-corrected chi connectivity index (χ0v) is 13.3. The minimum absolute atomic E-state index is 0.00390. The van der Waals surface area contributed by atoms with Gasteiger partial charge in [0, 0.05) is 25.7 Å². The number of aromatic nitrogens is 2. The maximum Gasteiger partial charge on any atom is 0.326 e. The largest absolute Gasteiger partial charge is 0.326 e. The fourth-order valence-electron chi connectivity index (χ4n) is 3.57. The van der Waals surface area contributed by atoms with Gasteiger partial charge >= 0.3 is 5.69 Å². The lowest BCUT2D eigenvalue weighted by atomic mass is 10.1. The minimum Gasteiger partial charge on any atom is -0.306 e. The number of aromatic amines is 1. The van der Waals surface area contributed by atoms with Gasteiger partial charge in [-0.25, -0.2) is 4.79 Å². The molecule has 4 rings (SSSR count).